The second kappa shape index (κ2) is 13.2. The Morgan fingerprint density at radius 3 is 2.65 bits per heavy atom. The zero-order chi connectivity index (χ0) is 30.5. The van der Waals surface area contributed by atoms with Gasteiger partial charge in [0.15, 0.2) is 0 Å². The number of fused-ring (bicyclic) bond motifs is 1. The average Bonchev–Trinajstić information content (AvgIpc) is 3.64. The van der Waals surface area contributed by atoms with E-state index in [2.05, 4.69) is 21.9 Å². The van der Waals surface area contributed by atoms with E-state index in [-0.39, 0.29) is 18.2 Å². The maximum absolute atomic E-state index is 13.8. The van der Waals surface area contributed by atoms with Crippen LogP contribution in [0.4, 0.5) is 5.69 Å². The molecule has 10 nitrogen and oxygen atoms in total. The molecule has 10 heteroatoms. The van der Waals surface area contributed by atoms with Gasteiger partial charge >= 0.3 is 5.97 Å². The molecule has 1 aliphatic rings. The van der Waals surface area contributed by atoms with E-state index in [0.717, 1.165) is 40.4 Å². The van der Waals surface area contributed by atoms with Gasteiger partial charge in [0.05, 0.1) is 19.3 Å². The molecule has 1 saturated carbocycles. The van der Waals surface area contributed by atoms with E-state index >= 15 is 0 Å². The van der Waals surface area contributed by atoms with Crippen LogP contribution in [0, 0.1) is 6.92 Å². The van der Waals surface area contributed by atoms with Crippen LogP contribution in [-0.4, -0.2) is 57.5 Å². The van der Waals surface area contributed by atoms with E-state index in [0.29, 0.717) is 49.7 Å². The number of carboxylic acids is 1. The Morgan fingerprint density at radius 1 is 1.14 bits per heavy atom. The van der Waals surface area contributed by atoms with E-state index in [4.69, 9.17) is 9.84 Å². The van der Waals surface area contributed by atoms with Crippen LogP contribution >= 0.6 is 0 Å². The molecule has 0 radical (unpaired) electrons. The molecule has 1 atom stereocenters. The lowest BCUT2D eigenvalue weighted by Gasteiger charge is -2.18. The van der Waals surface area contributed by atoms with Gasteiger partial charge in [0, 0.05) is 54.6 Å². The maximum atomic E-state index is 13.8. The van der Waals surface area contributed by atoms with Crippen molar-refractivity contribution in [1.82, 2.24) is 19.7 Å². The predicted octanol–water partition coefficient (Wildman–Crippen LogP) is 5.06. The Balaban J connectivity index is 1.42. The molecular formula is C33H39N5O5. The highest BCUT2D eigenvalue weighted by Crippen LogP contribution is 2.44. The smallest absolute Gasteiger partial charge is 0.303 e. The molecule has 3 N–H and O–H groups in total. The van der Waals surface area contributed by atoms with Crippen molar-refractivity contribution >= 4 is 34.4 Å². The quantitative estimate of drug-likeness (QED) is 0.178. The number of carbonyl (C=O) groups is 3. The minimum Gasteiger partial charge on any atom is -0.481 e. The summed E-state index contributed by atoms with van der Waals surface area (Å²) in [6, 6.07) is 11.0. The number of rotatable bonds is 14. The summed E-state index contributed by atoms with van der Waals surface area (Å²) in [5.41, 5.74) is 6.15. The van der Waals surface area contributed by atoms with Gasteiger partial charge in [0.2, 0.25) is 5.91 Å². The van der Waals surface area contributed by atoms with Crippen molar-refractivity contribution in [3.8, 4) is 0 Å². The summed E-state index contributed by atoms with van der Waals surface area (Å²) >= 11 is 0. The molecule has 0 saturated heterocycles. The van der Waals surface area contributed by atoms with Gasteiger partial charge in [-0.3, -0.25) is 19.1 Å². The van der Waals surface area contributed by atoms with Gasteiger partial charge in [0.25, 0.3) is 5.91 Å². The summed E-state index contributed by atoms with van der Waals surface area (Å²) in [5.74, 6) is -0.765. The first kappa shape index (κ1) is 30.0. The van der Waals surface area contributed by atoms with E-state index in [1.807, 2.05) is 65.7 Å². The highest BCUT2D eigenvalue weighted by molar-refractivity contribution is 6.00. The minimum absolute atomic E-state index is 0.0543. The first-order chi connectivity index (χ1) is 20.7. The highest BCUT2D eigenvalue weighted by atomic mass is 16.5. The third kappa shape index (κ3) is 7.32. The summed E-state index contributed by atoms with van der Waals surface area (Å²) in [6.07, 6.45) is 9.09. The molecule has 0 aliphatic heterocycles. The molecule has 43 heavy (non-hydrogen) atoms. The molecule has 1 fully saturated rings. The molecule has 0 bridgehead atoms. The number of nitrogens with zero attached hydrogens (tertiary/aromatic N) is 3. The molecule has 2 heterocycles. The Bertz CT molecular complexity index is 1630. The number of hydrogen-bond donors (Lipinski definition) is 3. The van der Waals surface area contributed by atoms with Gasteiger partial charge < -0.3 is 25.0 Å². The van der Waals surface area contributed by atoms with Crippen molar-refractivity contribution in [2.75, 3.05) is 25.6 Å². The molecule has 0 spiro atoms. The van der Waals surface area contributed by atoms with E-state index < -0.39 is 12.0 Å². The first-order valence-corrected chi connectivity index (χ1v) is 14.8. The topological polar surface area (TPSA) is 127 Å². The zero-order valence-corrected chi connectivity index (χ0v) is 24.9. The predicted molar refractivity (Wildman–Crippen MR) is 165 cm³/mol. The molecule has 2 aromatic carbocycles. The van der Waals surface area contributed by atoms with Crippen molar-refractivity contribution in [2.45, 2.75) is 64.5 Å². The van der Waals surface area contributed by atoms with Gasteiger partial charge in [-0.15, -0.1) is 0 Å². The van der Waals surface area contributed by atoms with Crippen LogP contribution in [0.25, 0.3) is 10.9 Å². The number of aliphatic carboxylic acids is 1. The Morgan fingerprint density at radius 2 is 1.95 bits per heavy atom. The third-order valence-corrected chi connectivity index (χ3v) is 7.91. The second-order valence-electron chi connectivity index (χ2n) is 11.4. The number of aryl methyl sites for hydroxylation is 2. The molecular weight excluding hydrogens is 546 g/mol. The van der Waals surface area contributed by atoms with Crippen LogP contribution in [0.3, 0.4) is 0 Å². The molecule has 5 rings (SSSR count). The van der Waals surface area contributed by atoms with Gasteiger partial charge in [-0.1, -0.05) is 18.2 Å². The van der Waals surface area contributed by atoms with Crippen molar-refractivity contribution in [1.29, 1.82) is 0 Å². The van der Waals surface area contributed by atoms with Gasteiger partial charge in [-0.25, -0.2) is 0 Å². The standard InChI is InChI=1S/C33H39N5O5/c1-21-17-35-37(18-21)19-23-7-8-25(5-4-6-31(39)40)29(15-23)36-32(41)22(2)38-20-28(24-9-10-24)27-12-11-26(16-30(27)38)33(42)34-13-14-43-3/h7-8,11-12,15-18,20,22,24H,4-6,9-10,13-14,19H2,1-3H3,(H,34,42)(H,36,41)(H,39,40)/t22-/m1/s1. The number of amides is 2. The molecule has 0 unspecified atom stereocenters. The number of anilines is 1. The normalized spacial score (nSPS) is 13.7. The van der Waals surface area contributed by atoms with Crippen LogP contribution in [0.15, 0.2) is 55.0 Å². The first-order valence-electron chi connectivity index (χ1n) is 14.8. The molecule has 4 aromatic rings. The number of ether oxygens (including phenoxy) is 1. The number of methoxy groups -OCH3 is 1. The summed E-state index contributed by atoms with van der Waals surface area (Å²) < 4.78 is 8.85. The fraction of sp³-hybridized carbons (Fsp3) is 0.394. The number of carbonyl (C=O) groups excluding carboxylic acids is 2. The van der Waals surface area contributed by atoms with Crippen molar-refractivity contribution in [3.63, 3.8) is 0 Å². The van der Waals surface area contributed by atoms with Crippen LogP contribution in [0.2, 0.25) is 0 Å². The lowest BCUT2D eigenvalue weighted by molar-refractivity contribution is -0.137. The van der Waals surface area contributed by atoms with E-state index in [9.17, 15) is 14.4 Å². The van der Waals surface area contributed by atoms with Crippen molar-refractivity contribution in [2.24, 2.45) is 0 Å². The van der Waals surface area contributed by atoms with E-state index in [1.165, 1.54) is 5.56 Å². The number of carboxylic acid groups (broad SMARTS) is 1. The summed E-state index contributed by atoms with van der Waals surface area (Å²) in [6.45, 7) is 5.22. The lowest BCUT2D eigenvalue weighted by atomic mass is 10.0. The minimum atomic E-state index is -0.845. The van der Waals surface area contributed by atoms with Gasteiger partial charge in [0.1, 0.15) is 6.04 Å². The van der Waals surface area contributed by atoms with Crippen LogP contribution < -0.4 is 10.6 Å². The summed E-state index contributed by atoms with van der Waals surface area (Å²) in [7, 11) is 1.59. The lowest BCUT2D eigenvalue weighted by Crippen LogP contribution is -2.27. The fourth-order valence-corrected chi connectivity index (χ4v) is 5.42. The highest BCUT2D eigenvalue weighted by Gasteiger charge is 2.29. The Kier molecular flexibility index (Phi) is 9.25. The monoisotopic (exact) mass is 585 g/mol. The number of aromatic nitrogens is 3. The summed E-state index contributed by atoms with van der Waals surface area (Å²) in [5, 5.41) is 20.6. The van der Waals surface area contributed by atoms with Crippen LogP contribution in [0.1, 0.15) is 77.2 Å². The number of hydrogen-bond acceptors (Lipinski definition) is 5. The molecule has 2 aromatic heterocycles. The Labute approximate surface area is 251 Å². The van der Waals surface area contributed by atoms with E-state index in [1.54, 1.807) is 13.3 Å². The molecule has 226 valence electrons. The zero-order valence-electron chi connectivity index (χ0n) is 24.9. The van der Waals surface area contributed by atoms with Gasteiger partial charge in [-0.2, -0.15) is 5.10 Å². The third-order valence-electron chi connectivity index (χ3n) is 7.91. The average molecular weight is 586 g/mol. The van der Waals surface area contributed by atoms with Crippen molar-refractivity contribution in [3.05, 3.63) is 82.8 Å². The largest absolute Gasteiger partial charge is 0.481 e. The number of nitrogens with one attached hydrogen (secondary N) is 2. The summed E-state index contributed by atoms with van der Waals surface area (Å²) in [4.78, 5) is 37.8. The van der Waals surface area contributed by atoms with Crippen molar-refractivity contribution < 1.29 is 24.2 Å². The van der Waals surface area contributed by atoms with Crippen LogP contribution in [0.5, 0.6) is 0 Å². The second-order valence-corrected chi connectivity index (χ2v) is 11.4. The van der Waals surface area contributed by atoms with Crippen LogP contribution in [-0.2, 0) is 27.3 Å². The molecule has 1 aliphatic carbocycles. The fourth-order valence-electron chi connectivity index (χ4n) is 5.42. The SMILES string of the molecule is COCCNC(=O)c1ccc2c(C3CC3)cn([C@H](C)C(=O)Nc3cc(Cn4cc(C)cn4)ccc3CCCC(=O)O)c2c1. The number of benzene rings is 2. The maximum Gasteiger partial charge on any atom is 0.303 e. The molecule has 2 amide bonds. The van der Waals surface area contributed by atoms with Gasteiger partial charge in [-0.05, 0) is 85.9 Å². The Hall–Kier alpha value is -4.44.